The molecule has 4 nitrogen and oxygen atoms in total. The average Bonchev–Trinajstić information content (AvgIpc) is 2.68. The number of anilines is 1. The lowest BCUT2D eigenvalue weighted by Crippen LogP contribution is -2.12. The number of halogens is 1. The summed E-state index contributed by atoms with van der Waals surface area (Å²) in [5.41, 5.74) is 2.73. The highest BCUT2D eigenvalue weighted by Gasteiger charge is 2.11. The van der Waals surface area contributed by atoms with Crippen molar-refractivity contribution in [3.63, 3.8) is 0 Å². The van der Waals surface area contributed by atoms with Crippen LogP contribution in [0, 0.1) is 12.7 Å². The Bertz CT molecular complexity index is 1260. The van der Waals surface area contributed by atoms with Crippen molar-refractivity contribution in [2.75, 3.05) is 5.32 Å². The van der Waals surface area contributed by atoms with E-state index in [1.54, 1.807) is 18.2 Å². The Morgan fingerprint density at radius 2 is 1.79 bits per heavy atom. The molecule has 5 heteroatoms. The molecule has 0 unspecified atom stereocenters. The molecule has 4 aromatic rings. The Labute approximate surface area is 160 Å². The van der Waals surface area contributed by atoms with E-state index in [0.29, 0.717) is 22.4 Å². The van der Waals surface area contributed by atoms with Gasteiger partial charge in [0.15, 0.2) is 5.43 Å². The van der Waals surface area contributed by atoms with Crippen molar-refractivity contribution in [3.8, 4) is 11.3 Å². The monoisotopic (exact) mass is 373 g/mol. The predicted octanol–water partition coefficient (Wildman–Crippen LogP) is 5.16. The third-order valence-corrected chi connectivity index (χ3v) is 4.37. The van der Waals surface area contributed by atoms with E-state index in [4.69, 9.17) is 4.42 Å². The van der Waals surface area contributed by atoms with E-state index >= 15 is 0 Å². The number of carbonyl (C=O) groups is 1. The molecular formula is C23H16FNO3. The fourth-order valence-corrected chi connectivity index (χ4v) is 3.01. The minimum Gasteiger partial charge on any atom is -0.456 e. The zero-order valence-electron chi connectivity index (χ0n) is 15.0. The van der Waals surface area contributed by atoms with Gasteiger partial charge in [-0.25, -0.2) is 4.39 Å². The van der Waals surface area contributed by atoms with Gasteiger partial charge in [0.2, 0.25) is 0 Å². The van der Waals surface area contributed by atoms with Crippen LogP contribution >= 0.6 is 0 Å². The number of hydrogen-bond donors (Lipinski definition) is 1. The third kappa shape index (κ3) is 3.55. The van der Waals surface area contributed by atoms with Crippen LogP contribution in [-0.2, 0) is 0 Å². The van der Waals surface area contributed by atoms with E-state index in [-0.39, 0.29) is 11.0 Å². The number of aryl methyl sites for hydroxylation is 1. The molecule has 138 valence electrons. The summed E-state index contributed by atoms with van der Waals surface area (Å²) in [6.07, 6.45) is 0. The van der Waals surface area contributed by atoms with Crippen molar-refractivity contribution in [1.82, 2.24) is 0 Å². The lowest BCUT2D eigenvalue weighted by Gasteiger charge is -2.08. The number of fused-ring (bicyclic) bond motifs is 1. The van der Waals surface area contributed by atoms with E-state index < -0.39 is 11.7 Å². The van der Waals surface area contributed by atoms with Crippen LogP contribution in [0.25, 0.3) is 22.3 Å². The number of rotatable bonds is 3. The second-order valence-electron chi connectivity index (χ2n) is 6.52. The van der Waals surface area contributed by atoms with Crippen LogP contribution in [0.2, 0.25) is 0 Å². The molecular weight excluding hydrogens is 357 g/mol. The van der Waals surface area contributed by atoms with E-state index in [0.717, 1.165) is 17.2 Å². The van der Waals surface area contributed by atoms with Gasteiger partial charge in [0.25, 0.3) is 5.91 Å². The Hall–Kier alpha value is -3.73. The molecule has 0 fully saturated rings. The van der Waals surface area contributed by atoms with Crippen molar-refractivity contribution in [1.29, 1.82) is 0 Å². The van der Waals surface area contributed by atoms with Crippen molar-refractivity contribution in [2.45, 2.75) is 6.92 Å². The van der Waals surface area contributed by atoms with E-state index in [9.17, 15) is 14.0 Å². The van der Waals surface area contributed by atoms with Crippen molar-refractivity contribution in [2.24, 2.45) is 0 Å². The quantitative estimate of drug-likeness (QED) is 0.540. The molecule has 4 rings (SSSR count). The number of nitrogens with one attached hydrogen (secondary N) is 1. The maximum atomic E-state index is 13.3. The van der Waals surface area contributed by atoms with Gasteiger partial charge in [0.1, 0.15) is 17.2 Å². The molecule has 28 heavy (non-hydrogen) atoms. The molecule has 0 saturated carbocycles. The number of hydrogen-bond acceptors (Lipinski definition) is 3. The molecule has 0 atom stereocenters. The number of carbonyl (C=O) groups excluding carboxylic acids is 1. The smallest absolute Gasteiger partial charge is 0.255 e. The van der Waals surface area contributed by atoms with Gasteiger partial charge >= 0.3 is 0 Å². The maximum Gasteiger partial charge on any atom is 0.255 e. The van der Waals surface area contributed by atoms with Gasteiger partial charge < -0.3 is 9.73 Å². The first-order chi connectivity index (χ1) is 13.5. The van der Waals surface area contributed by atoms with Gasteiger partial charge in [0, 0.05) is 22.9 Å². The minimum atomic E-state index is -0.490. The first-order valence-electron chi connectivity index (χ1n) is 8.71. The van der Waals surface area contributed by atoms with Crippen LogP contribution in [0.1, 0.15) is 15.9 Å². The van der Waals surface area contributed by atoms with Crippen LogP contribution in [0.4, 0.5) is 10.1 Å². The zero-order chi connectivity index (χ0) is 19.7. The lowest BCUT2D eigenvalue weighted by atomic mass is 10.1. The molecule has 1 N–H and O–H groups in total. The van der Waals surface area contributed by atoms with Crippen molar-refractivity contribution in [3.05, 3.63) is 100.0 Å². The molecule has 1 heterocycles. The fourth-order valence-electron chi connectivity index (χ4n) is 3.01. The summed E-state index contributed by atoms with van der Waals surface area (Å²) in [6.45, 7) is 1.97. The van der Waals surface area contributed by atoms with Gasteiger partial charge in [-0.3, -0.25) is 9.59 Å². The summed E-state index contributed by atoms with van der Waals surface area (Å²) >= 11 is 0. The summed E-state index contributed by atoms with van der Waals surface area (Å²) < 4.78 is 19.2. The third-order valence-electron chi connectivity index (χ3n) is 4.37. The maximum absolute atomic E-state index is 13.3. The normalized spacial score (nSPS) is 10.8. The Balaban J connectivity index is 1.68. The second-order valence-corrected chi connectivity index (χ2v) is 6.52. The molecule has 0 spiro atoms. The standard InChI is InChI=1S/C23H16FNO3/c1-14-4-2-5-15(10-14)22-13-20(26)19-12-18(8-9-21(19)28-22)25-23(27)16-6-3-7-17(24)11-16/h2-13H,1H3,(H,25,27). The van der Waals surface area contributed by atoms with Gasteiger partial charge in [-0.15, -0.1) is 0 Å². The number of amides is 1. The van der Waals surface area contributed by atoms with E-state index in [1.807, 2.05) is 31.2 Å². The van der Waals surface area contributed by atoms with Gasteiger partial charge in [0.05, 0.1) is 5.39 Å². The summed E-state index contributed by atoms with van der Waals surface area (Å²) in [5, 5.41) is 3.03. The Morgan fingerprint density at radius 1 is 0.964 bits per heavy atom. The van der Waals surface area contributed by atoms with Crippen molar-refractivity contribution < 1.29 is 13.6 Å². The summed E-state index contributed by atoms with van der Waals surface area (Å²) in [4.78, 5) is 24.9. The predicted molar refractivity (Wildman–Crippen MR) is 107 cm³/mol. The first kappa shape index (κ1) is 17.7. The molecule has 1 aromatic heterocycles. The van der Waals surface area contributed by atoms with Crippen molar-refractivity contribution >= 4 is 22.6 Å². The van der Waals surface area contributed by atoms with Crippen LogP contribution in [0.3, 0.4) is 0 Å². The SMILES string of the molecule is Cc1cccc(-c2cc(=O)c3cc(NC(=O)c4cccc(F)c4)ccc3o2)c1. The van der Waals surface area contributed by atoms with E-state index in [2.05, 4.69) is 5.32 Å². The highest BCUT2D eigenvalue weighted by molar-refractivity contribution is 6.05. The largest absolute Gasteiger partial charge is 0.456 e. The second kappa shape index (κ2) is 7.12. The fraction of sp³-hybridized carbons (Fsp3) is 0.0435. The lowest BCUT2D eigenvalue weighted by molar-refractivity contribution is 0.102. The van der Waals surface area contributed by atoms with Crippen LogP contribution < -0.4 is 10.7 Å². The minimum absolute atomic E-state index is 0.196. The highest BCUT2D eigenvalue weighted by Crippen LogP contribution is 2.24. The summed E-state index contributed by atoms with van der Waals surface area (Å²) in [5.74, 6) is -0.465. The molecule has 0 aliphatic rings. The Kier molecular flexibility index (Phi) is 4.49. The van der Waals surface area contributed by atoms with Gasteiger partial charge in [-0.05, 0) is 49.4 Å². The summed E-state index contributed by atoms with van der Waals surface area (Å²) in [7, 11) is 0. The first-order valence-corrected chi connectivity index (χ1v) is 8.71. The number of benzene rings is 3. The molecule has 3 aromatic carbocycles. The van der Waals surface area contributed by atoms with Crippen LogP contribution in [0.5, 0.6) is 0 Å². The highest BCUT2D eigenvalue weighted by atomic mass is 19.1. The average molecular weight is 373 g/mol. The van der Waals surface area contributed by atoms with Gasteiger partial charge in [-0.1, -0.05) is 29.8 Å². The van der Waals surface area contributed by atoms with Gasteiger partial charge in [-0.2, -0.15) is 0 Å². The van der Waals surface area contributed by atoms with Crippen LogP contribution in [0.15, 0.2) is 82.0 Å². The molecule has 0 saturated heterocycles. The Morgan fingerprint density at radius 3 is 2.57 bits per heavy atom. The van der Waals surface area contributed by atoms with Crippen LogP contribution in [-0.4, -0.2) is 5.91 Å². The van der Waals surface area contributed by atoms with E-state index in [1.165, 1.54) is 24.3 Å². The molecule has 0 aliphatic heterocycles. The molecule has 0 aliphatic carbocycles. The molecule has 1 amide bonds. The zero-order valence-corrected chi connectivity index (χ0v) is 15.0. The summed E-state index contributed by atoms with van der Waals surface area (Å²) in [6, 6.07) is 19.4. The molecule has 0 bridgehead atoms. The molecule has 0 radical (unpaired) electrons. The topological polar surface area (TPSA) is 59.3 Å².